The van der Waals surface area contributed by atoms with Crippen molar-refractivity contribution < 1.29 is 14.7 Å². The summed E-state index contributed by atoms with van der Waals surface area (Å²) >= 11 is 1.38. The number of hydrogen-bond acceptors (Lipinski definition) is 4. The van der Waals surface area contributed by atoms with Crippen molar-refractivity contribution in [2.24, 2.45) is 0 Å². The molecule has 1 aromatic rings. The van der Waals surface area contributed by atoms with E-state index in [1.807, 2.05) is 0 Å². The number of aliphatic hydroxyl groups is 1. The van der Waals surface area contributed by atoms with Gasteiger partial charge in [0.1, 0.15) is 0 Å². The molecule has 0 bridgehead atoms. The Labute approximate surface area is 128 Å². The van der Waals surface area contributed by atoms with Crippen LogP contribution < -0.4 is 10.6 Å². The van der Waals surface area contributed by atoms with Crippen LogP contribution in [0.4, 0.5) is 4.79 Å². The smallest absolute Gasteiger partial charge is 0.316 e. The first kappa shape index (κ1) is 17.0. The molecule has 0 saturated carbocycles. The van der Waals surface area contributed by atoms with Crippen molar-refractivity contribution >= 4 is 23.3 Å². The molecule has 6 nitrogen and oxygen atoms in total. The van der Waals surface area contributed by atoms with E-state index in [0.29, 0.717) is 25.1 Å². The van der Waals surface area contributed by atoms with Gasteiger partial charge in [0.2, 0.25) is 0 Å². The van der Waals surface area contributed by atoms with Crippen LogP contribution in [-0.4, -0.2) is 55.7 Å². The van der Waals surface area contributed by atoms with Gasteiger partial charge in [-0.25, -0.2) is 4.79 Å². The molecule has 0 unspecified atom stereocenters. The van der Waals surface area contributed by atoms with E-state index in [4.69, 9.17) is 5.11 Å². The predicted molar refractivity (Wildman–Crippen MR) is 82.3 cm³/mol. The van der Waals surface area contributed by atoms with Gasteiger partial charge in [-0.3, -0.25) is 4.79 Å². The van der Waals surface area contributed by atoms with Gasteiger partial charge >= 0.3 is 6.03 Å². The van der Waals surface area contributed by atoms with Gasteiger partial charge in [0.05, 0.1) is 17.0 Å². The number of aliphatic hydroxyl groups excluding tert-OH is 1. The van der Waals surface area contributed by atoms with Crippen LogP contribution in [-0.2, 0) is 0 Å². The number of rotatable bonds is 5. The van der Waals surface area contributed by atoms with E-state index in [0.717, 1.165) is 4.88 Å². The zero-order chi connectivity index (χ0) is 15.7. The number of nitrogens with zero attached hydrogens (tertiary/aromatic N) is 1. The summed E-state index contributed by atoms with van der Waals surface area (Å²) in [6.45, 7) is 0.764. The Kier molecular flexibility index (Phi) is 7.29. The van der Waals surface area contributed by atoms with E-state index in [9.17, 15) is 9.59 Å². The lowest BCUT2D eigenvalue weighted by Gasteiger charge is -2.11. The van der Waals surface area contributed by atoms with E-state index in [-0.39, 0.29) is 18.5 Å². The minimum Gasteiger partial charge on any atom is -0.395 e. The molecule has 0 aliphatic rings. The minimum absolute atomic E-state index is 0.0321. The third-order valence-corrected chi connectivity index (χ3v) is 3.25. The Balaban J connectivity index is 2.36. The first-order valence-corrected chi connectivity index (χ1v) is 7.34. The van der Waals surface area contributed by atoms with Crippen LogP contribution in [0, 0.1) is 11.8 Å². The Bertz CT molecular complexity index is 543. The second-order valence-corrected chi connectivity index (χ2v) is 5.27. The molecule has 0 radical (unpaired) electrons. The first-order valence-electron chi connectivity index (χ1n) is 6.46. The molecule has 3 amide bonds. The number of hydrogen-bond donors (Lipinski definition) is 3. The van der Waals surface area contributed by atoms with Crippen molar-refractivity contribution in [3.05, 3.63) is 21.9 Å². The van der Waals surface area contributed by atoms with E-state index in [1.165, 1.54) is 16.2 Å². The molecule has 0 aliphatic heterocycles. The summed E-state index contributed by atoms with van der Waals surface area (Å²) in [5.74, 6) is 5.49. The Hall–Kier alpha value is -2.04. The maximum atomic E-state index is 11.9. The van der Waals surface area contributed by atoms with Gasteiger partial charge in [0.15, 0.2) is 0 Å². The van der Waals surface area contributed by atoms with Crippen molar-refractivity contribution in [3.8, 4) is 11.8 Å². The molecular formula is C14H19N3O3S. The quantitative estimate of drug-likeness (QED) is 0.547. The number of thiophene rings is 1. The van der Waals surface area contributed by atoms with Crippen molar-refractivity contribution in [2.45, 2.75) is 6.42 Å². The highest BCUT2D eigenvalue weighted by Gasteiger charge is 2.07. The standard InChI is InChI=1S/C14H19N3O3S/c1-17(2)14(20)16-7-6-15-13(19)11-9-12(21-10-11)5-3-4-8-18/h9-10,18H,4,6-8H2,1-2H3,(H,15,19)(H,16,20). The highest BCUT2D eigenvalue weighted by atomic mass is 32.1. The fraction of sp³-hybridized carbons (Fsp3) is 0.429. The molecular weight excluding hydrogens is 290 g/mol. The van der Waals surface area contributed by atoms with Crippen LogP contribution in [0.2, 0.25) is 0 Å². The lowest BCUT2D eigenvalue weighted by Crippen LogP contribution is -2.39. The van der Waals surface area contributed by atoms with Crippen molar-refractivity contribution in [3.63, 3.8) is 0 Å². The molecule has 1 rings (SSSR count). The molecule has 1 aromatic heterocycles. The molecule has 0 atom stereocenters. The zero-order valence-corrected chi connectivity index (χ0v) is 12.9. The number of carbonyl (C=O) groups is 2. The van der Waals surface area contributed by atoms with Gasteiger partial charge in [-0.1, -0.05) is 11.8 Å². The fourth-order valence-electron chi connectivity index (χ4n) is 1.33. The third kappa shape index (κ3) is 6.29. The summed E-state index contributed by atoms with van der Waals surface area (Å²) in [5, 5.41) is 15.7. The van der Waals surface area contributed by atoms with Crippen LogP contribution in [0.1, 0.15) is 21.7 Å². The largest absolute Gasteiger partial charge is 0.395 e. The zero-order valence-electron chi connectivity index (χ0n) is 12.1. The van der Waals surface area contributed by atoms with E-state index in [2.05, 4.69) is 22.5 Å². The molecule has 114 valence electrons. The molecule has 0 saturated heterocycles. The molecule has 21 heavy (non-hydrogen) atoms. The molecule has 1 heterocycles. The fourth-order valence-corrected chi connectivity index (χ4v) is 2.09. The van der Waals surface area contributed by atoms with Gasteiger partial charge < -0.3 is 20.6 Å². The van der Waals surface area contributed by atoms with E-state index in [1.54, 1.807) is 25.5 Å². The van der Waals surface area contributed by atoms with Gasteiger partial charge in [-0.15, -0.1) is 11.3 Å². The van der Waals surface area contributed by atoms with Crippen LogP contribution in [0.5, 0.6) is 0 Å². The Morgan fingerprint density at radius 3 is 2.71 bits per heavy atom. The Morgan fingerprint density at radius 2 is 2.05 bits per heavy atom. The highest BCUT2D eigenvalue weighted by molar-refractivity contribution is 7.10. The predicted octanol–water partition coefficient (Wildman–Crippen LogP) is 0.483. The van der Waals surface area contributed by atoms with Crippen LogP contribution in [0.15, 0.2) is 11.4 Å². The summed E-state index contributed by atoms with van der Waals surface area (Å²) in [6.07, 6.45) is 0.422. The SMILES string of the molecule is CN(C)C(=O)NCCNC(=O)c1csc(C#CCCO)c1. The van der Waals surface area contributed by atoms with Gasteiger partial charge in [-0.2, -0.15) is 0 Å². The second kappa shape index (κ2) is 9.00. The summed E-state index contributed by atoms with van der Waals surface area (Å²) in [6, 6.07) is 1.52. The molecule has 0 aliphatic carbocycles. The molecule has 7 heteroatoms. The van der Waals surface area contributed by atoms with E-state index < -0.39 is 0 Å². The molecule has 0 fully saturated rings. The number of amides is 3. The lowest BCUT2D eigenvalue weighted by atomic mass is 10.3. The van der Waals surface area contributed by atoms with Crippen molar-refractivity contribution in [2.75, 3.05) is 33.8 Å². The first-order chi connectivity index (χ1) is 10.0. The number of nitrogens with one attached hydrogen (secondary N) is 2. The summed E-state index contributed by atoms with van der Waals surface area (Å²) in [4.78, 5) is 25.3. The second-order valence-electron chi connectivity index (χ2n) is 4.36. The number of carbonyl (C=O) groups excluding carboxylic acids is 2. The van der Waals surface area contributed by atoms with E-state index >= 15 is 0 Å². The summed E-state index contributed by atoms with van der Waals surface area (Å²) < 4.78 is 0. The summed E-state index contributed by atoms with van der Waals surface area (Å²) in [7, 11) is 3.30. The average molecular weight is 309 g/mol. The summed E-state index contributed by atoms with van der Waals surface area (Å²) in [5.41, 5.74) is 0.548. The highest BCUT2D eigenvalue weighted by Crippen LogP contribution is 2.13. The molecule has 3 N–H and O–H groups in total. The van der Waals surface area contributed by atoms with Crippen LogP contribution >= 0.6 is 11.3 Å². The third-order valence-electron chi connectivity index (χ3n) is 2.40. The van der Waals surface area contributed by atoms with Gasteiger partial charge in [-0.05, 0) is 6.07 Å². The van der Waals surface area contributed by atoms with Crippen molar-refractivity contribution in [1.82, 2.24) is 15.5 Å². The normalized spacial score (nSPS) is 9.48. The molecule has 0 spiro atoms. The Morgan fingerprint density at radius 1 is 1.33 bits per heavy atom. The van der Waals surface area contributed by atoms with Crippen LogP contribution in [0.3, 0.4) is 0 Å². The molecule has 0 aromatic carbocycles. The van der Waals surface area contributed by atoms with Crippen LogP contribution in [0.25, 0.3) is 0 Å². The van der Waals surface area contributed by atoms with Gasteiger partial charge in [0, 0.05) is 39.0 Å². The number of urea groups is 1. The van der Waals surface area contributed by atoms with Crippen molar-refractivity contribution in [1.29, 1.82) is 0 Å². The van der Waals surface area contributed by atoms with Gasteiger partial charge in [0.25, 0.3) is 5.91 Å². The maximum absolute atomic E-state index is 11.9. The minimum atomic E-state index is -0.194. The maximum Gasteiger partial charge on any atom is 0.316 e. The monoisotopic (exact) mass is 309 g/mol. The topological polar surface area (TPSA) is 81.7 Å². The lowest BCUT2D eigenvalue weighted by molar-refractivity contribution is 0.0954. The average Bonchev–Trinajstić information content (AvgIpc) is 2.92.